The van der Waals surface area contributed by atoms with Gasteiger partial charge in [-0.3, -0.25) is 4.90 Å². The molecule has 3 aliphatic rings. The van der Waals surface area contributed by atoms with Gasteiger partial charge in [0.05, 0.1) is 6.61 Å². The van der Waals surface area contributed by atoms with Crippen LogP contribution in [0.25, 0.3) is 0 Å². The highest BCUT2D eigenvalue weighted by molar-refractivity contribution is 5.74. The van der Waals surface area contributed by atoms with Crippen LogP contribution in [0.5, 0.6) is 0 Å². The predicted molar refractivity (Wildman–Crippen MR) is 90.2 cm³/mol. The smallest absolute Gasteiger partial charge is 0.317 e. The highest BCUT2D eigenvalue weighted by atomic mass is 19.1. The van der Waals surface area contributed by atoms with Gasteiger partial charge in [0.15, 0.2) is 0 Å². The first-order valence-electron chi connectivity index (χ1n) is 8.66. The van der Waals surface area contributed by atoms with E-state index in [4.69, 9.17) is 4.74 Å². The zero-order valence-corrected chi connectivity index (χ0v) is 14.2. The van der Waals surface area contributed by atoms with Crippen molar-refractivity contribution in [1.29, 1.82) is 0 Å². The topological polar surface area (TPSA) is 44.8 Å². The standard InChI is InChI=1S/C18H26FN3O2/c1-24-9-8-21-11-15-4-7-17(21)13-22(12-15)18(23)20-10-14-2-5-16(19)6-3-14/h2-3,5-6,15,17H,4,7-13H2,1H3,(H,20,23)/t15-,17-/m1/s1. The fourth-order valence-corrected chi connectivity index (χ4v) is 3.72. The van der Waals surface area contributed by atoms with Gasteiger partial charge in [0.2, 0.25) is 0 Å². The van der Waals surface area contributed by atoms with Crippen molar-refractivity contribution < 1.29 is 13.9 Å². The van der Waals surface area contributed by atoms with E-state index < -0.39 is 0 Å². The molecule has 0 aromatic heterocycles. The molecule has 0 unspecified atom stereocenters. The van der Waals surface area contributed by atoms with Crippen LogP contribution >= 0.6 is 0 Å². The zero-order valence-electron chi connectivity index (χ0n) is 14.2. The maximum Gasteiger partial charge on any atom is 0.317 e. The first kappa shape index (κ1) is 17.2. The number of urea groups is 1. The Morgan fingerprint density at radius 1 is 1.25 bits per heavy atom. The summed E-state index contributed by atoms with van der Waals surface area (Å²) in [4.78, 5) is 16.9. The molecule has 1 aromatic rings. The van der Waals surface area contributed by atoms with Crippen LogP contribution in [0.4, 0.5) is 9.18 Å². The highest BCUT2D eigenvalue weighted by Crippen LogP contribution is 2.27. The number of amides is 2. The molecule has 2 bridgehead atoms. The van der Waals surface area contributed by atoms with E-state index in [-0.39, 0.29) is 11.8 Å². The van der Waals surface area contributed by atoms with Crippen LogP contribution in [0.3, 0.4) is 0 Å². The summed E-state index contributed by atoms with van der Waals surface area (Å²) >= 11 is 0. The van der Waals surface area contributed by atoms with E-state index in [1.165, 1.54) is 18.6 Å². The summed E-state index contributed by atoms with van der Waals surface area (Å²) in [7, 11) is 1.73. The zero-order chi connectivity index (χ0) is 16.9. The lowest BCUT2D eigenvalue weighted by Crippen LogP contribution is -2.47. The average molecular weight is 335 g/mol. The molecular weight excluding hydrogens is 309 g/mol. The van der Waals surface area contributed by atoms with E-state index >= 15 is 0 Å². The number of methoxy groups -OCH3 is 1. The number of nitrogens with zero attached hydrogens (tertiary/aromatic N) is 2. The molecule has 1 aromatic carbocycles. The Hall–Kier alpha value is -1.66. The summed E-state index contributed by atoms with van der Waals surface area (Å²) in [5, 5.41) is 2.96. The summed E-state index contributed by atoms with van der Waals surface area (Å²) < 4.78 is 18.1. The van der Waals surface area contributed by atoms with Gasteiger partial charge in [-0.1, -0.05) is 12.1 Å². The largest absolute Gasteiger partial charge is 0.383 e. The summed E-state index contributed by atoms with van der Waals surface area (Å²) in [5.74, 6) is 0.280. The molecule has 2 atom stereocenters. The number of hydrogen-bond acceptors (Lipinski definition) is 3. The summed E-state index contributed by atoms with van der Waals surface area (Å²) in [5.41, 5.74) is 0.907. The Kier molecular flexibility index (Phi) is 5.68. The fraction of sp³-hybridized carbons (Fsp3) is 0.611. The molecular formula is C18H26FN3O2. The lowest BCUT2D eigenvalue weighted by molar-refractivity contribution is 0.0874. The molecule has 0 saturated carbocycles. The van der Waals surface area contributed by atoms with Crippen molar-refractivity contribution in [3.63, 3.8) is 0 Å². The number of benzene rings is 1. The summed E-state index contributed by atoms with van der Waals surface area (Å²) in [6.45, 7) is 4.74. The van der Waals surface area contributed by atoms with Gasteiger partial charge in [0, 0.05) is 45.9 Å². The molecule has 3 fully saturated rings. The number of piperidine rings is 1. The van der Waals surface area contributed by atoms with Crippen LogP contribution in [-0.2, 0) is 11.3 Å². The van der Waals surface area contributed by atoms with E-state index in [9.17, 15) is 9.18 Å². The molecule has 4 rings (SSSR count). The predicted octanol–water partition coefficient (Wildman–Crippen LogP) is 2.08. The molecule has 0 aliphatic carbocycles. The molecule has 24 heavy (non-hydrogen) atoms. The Balaban J connectivity index is 1.54. The van der Waals surface area contributed by atoms with Gasteiger partial charge >= 0.3 is 6.03 Å². The normalized spacial score (nSPS) is 24.0. The fourth-order valence-electron chi connectivity index (χ4n) is 3.72. The van der Waals surface area contributed by atoms with Crippen LogP contribution in [0, 0.1) is 11.7 Å². The van der Waals surface area contributed by atoms with Gasteiger partial charge in [0.1, 0.15) is 5.82 Å². The van der Waals surface area contributed by atoms with Crippen molar-refractivity contribution in [3.05, 3.63) is 35.6 Å². The minimum atomic E-state index is -0.259. The molecule has 6 heteroatoms. The first-order chi connectivity index (χ1) is 11.7. The Bertz CT molecular complexity index is 552. The Morgan fingerprint density at radius 2 is 2.04 bits per heavy atom. The van der Waals surface area contributed by atoms with Crippen LogP contribution in [0.15, 0.2) is 24.3 Å². The number of carbonyl (C=O) groups excluding carboxylic acids is 1. The third-order valence-corrected chi connectivity index (χ3v) is 5.05. The molecule has 0 radical (unpaired) electrons. The second-order valence-corrected chi connectivity index (χ2v) is 6.78. The SMILES string of the molecule is COCCN1C[C@H]2CC[C@@H]1CN(C(=O)NCc1ccc(F)cc1)C2. The number of halogens is 1. The molecule has 1 N–H and O–H groups in total. The molecule has 3 heterocycles. The van der Waals surface area contributed by atoms with Gasteiger partial charge in [-0.15, -0.1) is 0 Å². The number of fused-ring (bicyclic) bond motifs is 4. The van der Waals surface area contributed by atoms with Gasteiger partial charge < -0.3 is 15.0 Å². The minimum Gasteiger partial charge on any atom is -0.383 e. The number of hydrogen-bond donors (Lipinski definition) is 1. The molecule has 5 nitrogen and oxygen atoms in total. The van der Waals surface area contributed by atoms with Gasteiger partial charge in [-0.2, -0.15) is 0 Å². The van der Waals surface area contributed by atoms with E-state index in [1.54, 1.807) is 19.2 Å². The van der Waals surface area contributed by atoms with E-state index in [2.05, 4.69) is 10.2 Å². The number of nitrogens with one attached hydrogen (secondary N) is 1. The molecule has 132 valence electrons. The number of rotatable bonds is 5. The first-order valence-corrected chi connectivity index (χ1v) is 8.66. The Labute approximate surface area is 142 Å². The number of ether oxygens (including phenoxy) is 1. The van der Waals surface area contributed by atoms with E-state index in [0.717, 1.165) is 44.8 Å². The van der Waals surface area contributed by atoms with E-state index in [0.29, 0.717) is 18.5 Å². The monoisotopic (exact) mass is 335 g/mol. The average Bonchev–Trinajstić information content (AvgIpc) is 2.91. The van der Waals surface area contributed by atoms with Crippen molar-refractivity contribution in [3.8, 4) is 0 Å². The van der Waals surface area contributed by atoms with Crippen molar-refractivity contribution >= 4 is 6.03 Å². The minimum absolute atomic E-state index is 0.0233. The summed E-state index contributed by atoms with van der Waals surface area (Å²) in [6.07, 6.45) is 2.34. The van der Waals surface area contributed by atoms with Crippen LogP contribution in [-0.4, -0.2) is 61.8 Å². The van der Waals surface area contributed by atoms with Gasteiger partial charge in [-0.25, -0.2) is 9.18 Å². The molecule has 3 aliphatic heterocycles. The lowest BCUT2D eigenvalue weighted by atomic mass is 9.95. The van der Waals surface area contributed by atoms with Crippen LogP contribution in [0.1, 0.15) is 18.4 Å². The van der Waals surface area contributed by atoms with Crippen molar-refractivity contribution in [2.45, 2.75) is 25.4 Å². The highest BCUT2D eigenvalue weighted by Gasteiger charge is 2.36. The second kappa shape index (κ2) is 7.94. The number of carbonyl (C=O) groups is 1. The van der Waals surface area contributed by atoms with Gasteiger partial charge in [-0.05, 0) is 36.5 Å². The van der Waals surface area contributed by atoms with Crippen LogP contribution < -0.4 is 5.32 Å². The second-order valence-electron chi connectivity index (χ2n) is 6.78. The van der Waals surface area contributed by atoms with Crippen molar-refractivity contribution in [2.75, 3.05) is 39.9 Å². The van der Waals surface area contributed by atoms with E-state index in [1.807, 2.05) is 4.90 Å². The Morgan fingerprint density at radius 3 is 2.79 bits per heavy atom. The van der Waals surface area contributed by atoms with Crippen molar-refractivity contribution in [1.82, 2.24) is 15.1 Å². The summed E-state index contributed by atoms with van der Waals surface area (Å²) in [6, 6.07) is 6.64. The lowest BCUT2D eigenvalue weighted by Gasteiger charge is -2.35. The third-order valence-electron chi connectivity index (χ3n) is 5.05. The van der Waals surface area contributed by atoms with Gasteiger partial charge in [0.25, 0.3) is 0 Å². The molecule has 0 spiro atoms. The van der Waals surface area contributed by atoms with Crippen LogP contribution in [0.2, 0.25) is 0 Å². The molecule has 2 amide bonds. The maximum atomic E-state index is 12.9. The molecule has 3 saturated heterocycles. The quantitative estimate of drug-likeness (QED) is 0.896. The third kappa shape index (κ3) is 4.24. The maximum absolute atomic E-state index is 12.9. The van der Waals surface area contributed by atoms with Crippen molar-refractivity contribution in [2.24, 2.45) is 5.92 Å².